The fraction of sp³-hybridized carbons (Fsp3) is 0.739. The van der Waals surface area contributed by atoms with E-state index in [4.69, 9.17) is 0 Å². The molecule has 0 saturated carbocycles. The number of rotatable bonds is 13. The molecule has 1 aromatic carbocycles. The first kappa shape index (κ1) is 21.2. The molecule has 0 aliphatic heterocycles. The van der Waals surface area contributed by atoms with Crippen LogP contribution in [-0.2, 0) is 13.0 Å². The van der Waals surface area contributed by atoms with Crippen molar-refractivity contribution in [1.82, 2.24) is 0 Å². The summed E-state index contributed by atoms with van der Waals surface area (Å²) in [6.07, 6.45) is 15.4. The summed E-state index contributed by atoms with van der Waals surface area (Å²) >= 11 is 0. The summed E-state index contributed by atoms with van der Waals surface area (Å²) in [5.41, 5.74) is 4.50. The molecule has 1 rings (SSSR count). The number of quaternary nitrogens is 1. The van der Waals surface area contributed by atoms with Crippen molar-refractivity contribution in [2.24, 2.45) is 0 Å². The lowest BCUT2D eigenvalue weighted by Crippen LogP contribution is -2.33. The van der Waals surface area contributed by atoms with E-state index in [-0.39, 0.29) is 0 Å². The second-order valence-electron chi connectivity index (χ2n) is 8.64. The number of benzene rings is 1. The van der Waals surface area contributed by atoms with Gasteiger partial charge >= 0.3 is 0 Å². The van der Waals surface area contributed by atoms with Crippen molar-refractivity contribution in [2.75, 3.05) is 21.1 Å². The quantitative estimate of drug-likeness (QED) is 0.280. The van der Waals surface area contributed by atoms with Crippen LogP contribution in [0.2, 0.25) is 0 Å². The predicted molar refractivity (Wildman–Crippen MR) is 108 cm³/mol. The van der Waals surface area contributed by atoms with Crippen LogP contribution in [0.4, 0.5) is 0 Å². The summed E-state index contributed by atoms with van der Waals surface area (Å²) < 4.78 is 0.997. The van der Waals surface area contributed by atoms with Gasteiger partial charge in [-0.05, 0) is 30.9 Å². The molecule has 0 fully saturated rings. The molecule has 0 aliphatic rings. The van der Waals surface area contributed by atoms with Crippen molar-refractivity contribution in [3.63, 3.8) is 0 Å². The van der Waals surface area contributed by atoms with E-state index in [1.807, 2.05) is 0 Å². The Hall–Kier alpha value is -0.820. The first-order valence-electron chi connectivity index (χ1n) is 10.3. The Kier molecular flexibility index (Phi) is 10.3. The molecule has 0 atom stereocenters. The van der Waals surface area contributed by atoms with Crippen molar-refractivity contribution in [3.8, 4) is 0 Å². The van der Waals surface area contributed by atoms with Gasteiger partial charge in [0, 0.05) is 5.56 Å². The van der Waals surface area contributed by atoms with E-state index in [0.29, 0.717) is 0 Å². The van der Waals surface area contributed by atoms with Gasteiger partial charge < -0.3 is 4.48 Å². The third-order valence-electron chi connectivity index (χ3n) is 4.86. The second kappa shape index (κ2) is 11.7. The molecule has 0 radical (unpaired) electrons. The summed E-state index contributed by atoms with van der Waals surface area (Å²) in [5.74, 6) is 0. The van der Waals surface area contributed by atoms with Gasteiger partial charge in [-0.25, -0.2) is 0 Å². The molecule has 1 heteroatoms. The Morgan fingerprint density at radius 3 is 1.79 bits per heavy atom. The largest absolute Gasteiger partial charge is 0.327 e. The van der Waals surface area contributed by atoms with Crippen molar-refractivity contribution in [2.45, 2.75) is 91.0 Å². The Morgan fingerprint density at radius 1 is 0.750 bits per heavy atom. The molecular formula is C23H42N+. The van der Waals surface area contributed by atoms with Gasteiger partial charge in [-0.3, -0.25) is 0 Å². The Bertz CT molecular complexity index is 442. The van der Waals surface area contributed by atoms with E-state index in [0.717, 1.165) is 11.0 Å². The van der Waals surface area contributed by atoms with Gasteiger partial charge in [0.1, 0.15) is 6.54 Å². The van der Waals surface area contributed by atoms with E-state index in [1.54, 1.807) is 5.56 Å². The molecule has 0 heterocycles. The monoisotopic (exact) mass is 332 g/mol. The average molecular weight is 333 g/mol. The zero-order chi connectivity index (χ0) is 17.8. The van der Waals surface area contributed by atoms with Crippen LogP contribution in [0.3, 0.4) is 0 Å². The predicted octanol–water partition coefficient (Wildman–Crippen LogP) is 6.66. The van der Waals surface area contributed by atoms with Crippen LogP contribution in [0.5, 0.6) is 0 Å². The molecule has 1 aromatic rings. The lowest BCUT2D eigenvalue weighted by atomic mass is 9.98. The number of hydrogen-bond donors (Lipinski definition) is 0. The minimum atomic E-state index is 0.997. The molecule has 0 bridgehead atoms. The van der Waals surface area contributed by atoms with E-state index in [2.05, 4.69) is 53.2 Å². The van der Waals surface area contributed by atoms with Crippen LogP contribution in [0.15, 0.2) is 18.2 Å². The summed E-state index contributed by atoms with van der Waals surface area (Å²) in [6.45, 7) is 5.68. The lowest BCUT2D eigenvalue weighted by molar-refractivity contribution is -0.884. The van der Waals surface area contributed by atoms with Gasteiger partial charge in [0.25, 0.3) is 0 Å². The highest BCUT2D eigenvalue weighted by Crippen LogP contribution is 2.17. The molecule has 0 aliphatic carbocycles. The smallest absolute Gasteiger partial charge is 0.104 e. The summed E-state index contributed by atoms with van der Waals surface area (Å²) in [4.78, 5) is 0. The van der Waals surface area contributed by atoms with Gasteiger partial charge in [0.05, 0.1) is 21.1 Å². The topological polar surface area (TPSA) is 0 Å². The number of nitrogens with zero attached hydrogens (tertiary/aromatic N) is 1. The standard InChI is InChI=1S/C23H42N/c1-6-7-8-9-10-11-12-13-14-15-16-23-18-17-22(19-21(23)2)20-24(3,4)5/h17-19H,6-16,20H2,1-5H3/q+1. The van der Waals surface area contributed by atoms with Gasteiger partial charge in [-0.1, -0.05) is 82.9 Å². The highest BCUT2D eigenvalue weighted by Gasteiger charge is 2.09. The molecular weight excluding hydrogens is 290 g/mol. The van der Waals surface area contributed by atoms with Crippen molar-refractivity contribution < 1.29 is 4.48 Å². The second-order valence-corrected chi connectivity index (χ2v) is 8.64. The van der Waals surface area contributed by atoms with Gasteiger partial charge in [-0.15, -0.1) is 0 Å². The summed E-state index contributed by atoms with van der Waals surface area (Å²) in [6, 6.07) is 7.10. The van der Waals surface area contributed by atoms with Gasteiger partial charge in [-0.2, -0.15) is 0 Å². The maximum absolute atomic E-state index is 2.40. The summed E-state index contributed by atoms with van der Waals surface area (Å²) in [7, 11) is 6.77. The van der Waals surface area contributed by atoms with Crippen LogP contribution >= 0.6 is 0 Å². The zero-order valence-corrected chi connectivity index (χ0v) is 17.2. The van der Waals surface area contributed by atoms with Crippen LogP contribution in [-0.4, -0.2) is 25.6 Å². The maximum Gasteiger partial charge on any atom is 0.104 e. The van der Waals surface area contributed by atoms with E-state index in [9.17, 15) is 0 Å². The highest BCUT2D eigenvalue weighted by atomic mass is 15.3. The molecule has 0 unspecified atom stereocenters. The third kappa shape index (κ3) is 10.1. The minimum Gasteiger partial charge on any atom is -0.327 e. The molecule has 0 aromatic heterocycles. The first-order chi connectivity index (χ1) is 11.4. The normalized spacial score (nSPS) is 11.9. The average Bonchev–Trinajstić information content (AvgIpc) is 2.49. The van der Waals surface area contributed by atoms with Gasteiger partial charge in [0.2, 0.25) is 0 Å². The van der Waals surface area contributed by atoms with Crippen LogP contribution in [0.1, 0.15) is 87.8 Å². The Morgan fingerprint density at radius 2 is 1.29 bits per heavy atom. The molecule has 24 heavy (non-hydrogen) atoms. The summed E-state index contributed by atoms with van der Waals surface area (Å²) in [5, 5.41) is 0. The number of hydrogen-bond acceptors (Lipinski definition) is 0. The Balaban J connectivity index is 2.15. The van der Waals surface area contributed by atoms with E-state index in [1.165, 1.54) is 81.8 Å². The third-order valence-corrected chi connectivity index (χ3v) is 4.86. The van der Waals surface area contributed by atoms with Crippen molar-refractivity contribution >= 4 is 0 Å². The van der Waals surface area contributed by atoms with Crippen molar-refractivity contribution in [1.29, 1.82) is 0 Å². The first-order valence-corrected chi connectivity index (χ1v) is 10.3. The number of aryl methyl sites for hydroxylation is 2. The van der Waals surface area contributed by atoms with Gasteiger partial charge in [0.15, 0.2) is 0 Å². The fourth-order valence-electron chi connectivity index (χ4n) is 3.49. The fourth-order valence-corrected chi connectivity index (χ4v) is 3.49. The van der Waals surface area contributed by atoms with E-state index >= 15 is 0 Å². The molecule has 1 nitrogen and oxygen atoms in total. The SMILES string of the molecule is CCCCCCCCCCCCc1ccc(C[N+](C)(C)C)cc1C. The lowest BCUT2D eigenvalue weighted by Gasteiger charge is -2.24. The molecule has 0 spiro atoms. The molecule has 0 saturated heterocycles. The van der Waals surface area contributed by atoms with Crippen LogP contribution in [0, 0.1) is 6.92 Å². The number of unbranched alkanes of at least 4 members (excludes halogenated alkanes) is 9. The van der Waals surface area contributed by atoms with Crippen molar-refractivity contribution in [3.05, 3.63) is 34.9 Å². The highest BCUT2D eigenvalue weighted by molar-refractivity contribution is 5.30. The van der Waals surface area contributed by atoms with Crippen LogP contribution in [0.25, 0.3) is 0 Å². The molecule has 0 amide bonds. The van der Waals surface area contributed by atoms with Crippen LogP contribution < -0.4 is 0 Å². The zero-order valence-electron chi connectivity index (χ0n) is 17.2. The van der Waals surface area contributed by atoms with E-state index < -0.39 is 0 Å². The molecule has 0 N–H and O–H groups in total. The maximum atomic E-state index is 2.40. The molecule has 138 valence electrons. The Labute approximate surface area is 152 Å². The minimum absolute atomic E-state index is 0.997.